The molecule has 0 saturated heterocycles. The third-order valence-corrected chi connectivity index (χ3v) is 4.68. The molecule has 0 bridgehead atoms. The van der Waals surface area contributed by atoms with Crippen molar-refractivity contribution in [1.29, 1.82) is 0 Å². The predicted molar refractivity (Wildman–Crippen MR) is 89.0 cm³/mol. The number of carbonyl (C=O) groups excluding carboxylic acids is 1. The zero-order valence-electron chi connectivity index (χ0n) is 13.3. The number of aliphatic hydroxyl groups excluding tert-OH is 1. The standard InChI is InChI=1S/C17H19ClFN3O2/c1-10-15(17(24)20-12-4-8-14(23)9-5-12)16(18)22(21-10)13-6-2-11(19)3-7-13/h2-3,6-7,12,14,23H,4-5,8-9H2,1H3,(H,20,24). The van der Waals surface area contributed by atoms with Crippen molar-refractivity contribution in [2.45, 2.75) is 44.8 Å². The molecule has 1 heterocycles. The molecule has 1 aromatic heterocycles. The van der Waals surface area contributed by atoms with Crippen LogP contribution in [0.1, 0.15) is 41.7 Å². The Morgan fingerprint density at radius 1 is 1.29 bits per heavy atom. The molecule has 5 nitrogen and oxygen atoms in total. The van der Waals surface area contributed by atoms with Gasteiger partial charge in [-0.1, -0.05) is 11.6 Å². The fourth-order valence-corrected chi connectivity index (χ4v) is 3.35. The van der Waals surface area contributed by atoms with Gasteiger partial charge in [0.05, 0.1) is 23.0 Å². The van der Waals surface area contributed by atoms with Crippen molar-refractivity contribution in [3.63, 3.8) is 0 Å². The van der Waals surface area contributed by atoms with Crippen LogP contribution in [-0.2, 0) is 0 Å². The first kappa shape index (κ1) is 16.9. The Balaban J connectivity index is 1.81. The van der Waals surface area contributed by atoms with Crippen molar-refractivity contribution in [1.82, 2.24) is 15.1 Å². The van der Waals surface area contributed by atoms with Crippen LogP contribution in [-0.4, -0.2) is 32.9 Å². The van der Waals surface area contributed by atoms with E-state index in [1.54, 1.807) is 19.1 Å². The highest BCUT2D eigenvalue weighted by Gasteiger charge is 2.25. The molecule has 1 aliphatic rings. The van der Waals surface area contributed by atoms with Gasteiger partial charge in [0, 0.05) is 6.04 Å². The summed E-state index contributed by atoms with van der Waals surface area (Å²) in [7, 11) is 0. The Labute approximate surface area is 144 Å². The first-order valence-electron chi connectivity index (χ1n) is 7.95. The van der Waals surface area contributed by atoms with Gasteiger partial charge < -0.3 is 10.4 Å². The van der Waals surface area contributed by atoms with Crippen LogP contribution in [0, 0.1) is 12.7 Å². The maximum absolute atomic E-state index is 13.1. The number of aromatic nitrogens is 2. The van der Waals surface area contributed by atoms with E-state index in [0.717, 1.165) is 12.8 Å². The third-order valence-electron chi connectivity index (χ3n) is 4.33. The van der Waals surface area contributed by atoms with Crippen molar-refractivity contribution < 1.29 is 14.3 Å². The van der Waals surface area contributed by atoms with Gasteiger partial charge in [0.2, 0.25) is 0 Å². The Hall–Kier alpha value is -1.92. The number of aliphatic hydroxyl groups is 1. The minimum absolute atomic E-state index is 0.0329. The molecular formula is C17H19ClFN3O2. The lowest BCUT2D eigenvalue weighted by molar-refractivity contribution is 0.0867. The average molecular weight is 352 g/mol. The molecule has 0 unspecified atom stereocenters. The summed E-state index contributed by atoms with van der Waals surface area (Å²) in [5.74, 6) is -0.622. The molecule has 24 heavy (non-hydrogen) atoms. The number of nitrogens with one attached hydrogen (secondary N) is 1. The zero-order chi connectivity index (χ0) is 17.3. The van der Waals surface area contributed by atoms with Crippen molar-refractivity contribution in [3.05, 3.63) is 46.5 Å². The van der Waals surface area contributed by atoms with Gasteiger partial charge in [0.1, 0.15) is 11.0 Å². The predicted octanol–water partition coefficient (Wildman–Crippen LogP) is 3.01. The zero-order valence-corrected chi connectivity index (χ0v) is 14.1. The van der Waals surface area contributed by atoms with E-state index in [2.05, 4.69) is 10.4 Å². The van der Waals surface area contributed by atoms with Crippen LogP contribution in [0.25, 0.3) is 5.69 Å². The number of aryl methyl sites for hydroxylation is 1. The van der Waals surface area contributed by atoms with Crippen LogP contribution < -0.4 is 5.32 Å². The molecule has 0 atom stereocenters. The highest BCUT2D eigenvalue weighted by molar-refractivity contribution is 6.33. The summed E-state index contributed by atoms with van der Waals surface area (Å²) in [4.78, 5) is 12.6. The number of benzene rings is 1. The van der Waals surface area contributed by atoms with E-state index in [1.165, 1.54) is 16.8 Å². The molecule has 128 valence electrons. The molecular weight excluding hydrogens is 333 g/mol. The highest BCUT2D eigenvalue weighted by atomic mass is 35.5. The Kier molecular flexibility index (Phi) is 4.87. The second kappa shape index (κ2) is 6.91. The van der Waals surface area contributed by atoms with E-state index in [1.807, 2.05) is 0 Å². The molecule has 1 aromatic carbocycles. The van der Waals surface area contributed by atoms with Gasteiger partial charge in [0.15, 0.2) is 0 Å². The van der Waals surface area contributed by atoms with Crippen molar-refractivity contribution >= 4 is 17.5 Å². The Morgan fingerprint density at radius 2 is 1.92 bits per heavy atom. The lowest BCUT2D eigenvalue weighted by atomic mass is 9.93. The second-order valence-electron chi connectivity index (χ2n) is 6.12. The third kappa shape index (κ3) is 3.44. The fourth-order valence-electron chi connectivity index (χ4n) is 2.99. The lowest BCUT2D eigenvalue weighted by Crippen LogP contribution is -2.38. The summed E-state index contributed by atoms with van der Waals surface area (Å²) in [5.41, 5.74) is 1.43. The molecule has 0 radical (unpaired) electrons. The Bertz CT molecular complexity index is 737. The fraction of sp³-hybridized carbons (Fsp3) is 0.412. The van der Waals surface area contributed by atoms with E-state index < -0.39 is 0 Å². The molecule has 0 aliphatic heterocycles. The molecule has 3 rings (SSSR count). The van der Waals surface area contributed by atoms with E-state index in [-0.39, 0.29) is 29.0 Å². The normalized spacial score (nSPS) is 20.8. The van der Waals surface area contributed by atoms with Crippen LogP contribution >= 0.6 is 11.6 Å². The number of rotatable bonds is 3. The topological polar surface area (TPSA) is 67.2 Å². The van der Waals surface area contributed by atoms with Crippen LogP contribution in [0.2, 0.25) is 5.15 Å². The van der Waals surface area contributed by atoms with Crippen LogP contribution in [0.15, 0.2) is 24.3 Å². The van der Waals surface area contributed by atoms with Crippen molar-refractivity contribution in [2.75, 3.05) is 0 Å². The number of hydrogen-bond acceptors (Lipinski definition) is 3. The maximum atomic E-state index is 13.1. The Morgan fingerprint density at radius 3 is 2.54 bits per heavy atom. The molecule has 0 spiro atoms. The SMILES string of the molecule is Cc1nn(-c2ccc(F)cc2)c(Cl)c1C(=O)NC1CCC(O)CC1. The van der Waals surface area contributed by atoms with E-state index >= 15 is 0 Å². The average Bonchev–Trinajstić information content (AvgIpc) is 2.85. The molecule has 1 fully saturated rings. The van der Waals surface area contributed by atoms with Crippen molar-refractivity contribution in [3.8, 4) is 5.69 Å². The molecule has 1 saturated carbocycles. The lowest BCUT2D eigenvalue weighted by Gasteiger charge is -2.26. The molecule has 1 amide bonds. The number of amides is 1. The molecule has 1 aliphatic carbocycles. The van der Waals surface area contributed by atoms with Gasteiger partial charge in [-0.2, -0.15) is 5.10 Å². The summed E-state index contributed by atoms with van der Waals surface area (Å²) in [6.07, 6.45) is 2.59. The number of carbonyl (C=O) groups is 1. The van der Waals surface area contributed by atoms with Crippen LogP contribution in [0.5, 0.6) is 0 Å². The summed E-state index contributed by atoms with van der Waals surface area (Å²) >= 11 is 6.35. The first-order valence-corrected chi connectivity index (χ1v) is 8.33. The largest absolute Gasteiger partial charge is 0.393 e. The summed E-state index contributed by atoms with van der Waals surface area (Å²) in [6.45, 7) is 1.71. The summed E-state index contributed by atoms with van der Waals surface area (Å²) in [5, 5.41) is 17.0. The van der Waals surface area contributed by atoms with Gasteiger partial charge >= 0.3 is 0 Å². The summed E-state index contributed by atoms with van der Waals surface area (Å²) < 4.78 is 14.5. The molecule has 2 N–H and O–H groups in total. The van der Waals surface area contributed by atoms with Crippen LogP contribution in [0.4, 0.5) is 4.39 Å². The van der Waals surface area contributed by atoms with Gasteiger partial charge in [-0.05, 0) is 56.9 Å². The smallest absolute Gasteiger partial charge is 0.256 e. The number of halogens is 2. The van der Waals surface area contributed by atoms with Crippen LogP contribution in [0.3, 0.4) is 0 Å². The van der Waals surface area contributed by atoms with Gasteiger partial charge in [-0.25, -0.2) is 9.07 Å². The summed E-state index contributed by atoms with van der Waals surface area (Å²) in [6, 6.07) is 5.77. The van der Waals surface area contributed by atoms with Crippen molar-refractivity contribution in [2.24, 2.45) is 0 Å². The molecule has 7 heteroatoms. The van der Waals surface area contributed by atoms with Gasteiger partial charge in [-0.3, -0.25) is 4.79 Å². The molecule has 2 aromatic rings. The second-order valence-corrected chi connectivity index (χ2v) is 6.48. The number of hydrogen-bond donors (Lipinski definition) is 2. The minimum atomic E-state index is -0.351. The quantitative estimate of drug-likeness (QED) is 0.893. The first-order chi connectivity index (χ1) is 11.5. The highest BCUT2D eigenvalue weighted by Crippen LogP contribution is 2.25. The number of nitrogens with zero attached hydrogens (tertiary/aromatic N) is 2. The minimum Gasteiger partial charge on any atom is -0.393 e. The maximum Gasteiger partial charge on any atom is 0.256 e. The van der Waals surface area contributed by atoms with Gasteiger partial charge in [0.25, 0.3) is 5.91 Å². The van der Waals surface area contributed by atoms with E-state index in [9.17, 15) is 14.3 Å². The van der Waals surface area contributed by atoms with Gasteiger partial charge in [-0.15, -0.1) is 0 Å². The van der Waals surface area contributed by atoms with E-state index in [0.29, 0.717) is 29.8 Å². The monoisotopic (exact) mass is 351 g/mol. The van der Waals surface area contributed by atoms with E-state index in [4.69, 9.17) is 11.6 Å².